The Kier molecular flexibility index (Phi) is 12.6. The predicted molar refractivity (Wildman–Crippen MR) is 131 cm³/mol. The van der Waals surface area contributed by atoms with Gasteiger partial charge in [0.25, 0.3) is 0 Å². The molecule has 12 N–H and O–H groups in total. The van der Waals surface area contributed by atoms with Crippen LogP contribution in [0.5, 0.6) is 0 Å². The summed E-state index contributed by atoms with van der Waals surface area (Å²) in [5.41, 5.74) is 10.9. The standard InChI is InChI=1S/C20H31N7O11S/c1-6-14(30)25-9(3-11(22)29)16(32)27-12(18(34)24-7(2)19(35)36)13(20(37)38)39-5-8(21)15(31)26-10(4-28)17(33)23-6/h6-10,12-13,28H,3-5,21H2,1-2H3,(H2,22,29)(H,23,33)(H,24,34)(H,25,30)(H,26,31)(H,27,32)(H,35,36)(H,37,38)/t6?,7?,8-,9-,10?,12?,13?/m0/s1. The van der Waals surface area contributed by atoms with Crippen molar-refractivity contribution in [2.24, 2.45) is 11.5 Å². The molecule has 0 saturated carbocycles. The van der Waals surface area contributed by atoms with Crippen molar-refractivity contribution in [3.63, 3.8) is 0 Å². The molecular weight excluding hydrogens is 546 g/mol. The zero-order valence-electron chi connectivity index (χ0n) is 20.8. The molecule has 1 fully saturated rings. The molecule has 19 heteroatoms. The normalized spacial score (nSPS) is 28.1. The van der Waals surface area contributed by atoms with Crippen LogP contribution in [0.15, 0.2) is 0 Å². The molecule has 0 aromatic rings. The van der Waals surface area contributed by atoms with E-state index in [1.165, 1.54) is 6.92 Å². The monoisotopic (exact) mass is 577 g/mol. The Morgan fingerprint density at radius 2 is 1.54 bits per heavy atom. The van der Waals surface area contributed by atoms with Gasteiger partial charge in [-0.15, -0.1) is 11.8 Å². The molecule has 18 nitrogen and oxygen atoms in total. The smallest absolute Gasteiger partial charge is 0.325 e. The molecule has 0 aromatic heterocycles. The summed E-state index contributed by atoms with van der Waals surface area (Å²) in [6.45, 7) is 1.35. The number of carboxylic acid groups (broad SMARTS) is 2. The molecule has 0 radical (unpaired) electrons. The summed E-state index contributed by atoms with van der Waals surface area (Å²) >= 11 is 0.427. The van der Waals surface area contributed by atoms with Crippen LogP contribution in [0, 0.1) is 0 Å². The van der Waals surface area contributed by atoms with E-state index in [-0.39, 0.29) is 0 Å². The molecule has 39 heavy (non-hydrogen) atoms. The number of aliphatic carboxylic acids is 2. The second-order valence-electron chi connectivity index (χ2n) is 8.46. The molecule has 5 unspecified atom stereocenters. The highest BCUT2D eigenvalue weighted by Gasteiger charge is 2.39. The van der Waals surface area contributed by atoms with E-state index in [4.69, 9.17) is 16.6 Å². The first-order chi connectivity index (χ1) is 18.1. The number of aliphatic hydroxyl groups is 1. The number of aliphatic hydroxyl groups excluding tert-OH is 1. The molecule has 0 spiro atoms. The van der Waals surface area contributed by atoms with Gasteiger partial charge in [0.05, 0.1) is 19.1 Å². The van der Waals surface area contributed by atoms with Crippen LogP contribution in [0.2, 0.25) is 0 Å². The number of thioether (sulfide) groups is 1. The maximum absolute atomic E-state index is 13.0. The highest BCUT2D eigenvalue weighted by Crippen LogP contribution is 2.18. The molecule has 6 amide bonds. The van der Waals surface area contributed by atoms with E-state index in [1.807, 2.05) is 5.32 Å². The second kappa shape index (κ2) is 14.8. The minimum absolute atomic E-state index is 0.427. The third-order valence-electron chi connectivity index (χ3n) is 5.25. The zero-order valence-corrected chi connectivity index (χ0v) is 21.6. The van der Waals surface area contributed by atoms with Crippen molar-refractivity contribution < 1.29 is 53.7 Å². The quantitative estimate of drug-likeness (QED) is 0.135. The summed E-state index contributed by atoms with van der Waals surface area (Å²) in [5, 5.41) is 37.1. The minimum atomic E-state index is -1.99. The Bertz CT molecular complexity index is 1010. The highest BCUT2D eigenvalue weighted by atomic mass is 32.2. The van der Waals surface area contributed by atoms with E-state index in [2.05, 4.69) is 21.3 Å². The van der Waals surface area contributed by atoms with Gasteiger partial charge >= 0.3 is 11.9 Å². The van der Waals surface area contributed by atoms with Crippen LogP contribution in [0.1, 0.15) is 20.3 Å². The van der Waals surface area contributed by atoms with E-state index in [1.54, 1.807) is 0 Å². The molecule has 1 rings (SSSR count). The largest absolute Gasteiger partial charge is 0.480 e. The topological polar surface area (TPSA) is 309 Å². The first-order valence-electron chi connectivity index (χ1n) is 11.3. The molecule has 218 valence electrons. The predicted octanol–water partition coefficient (Wildman–Crippen LogP) is -6.07. The third kappa shape index (κ3) is 10.0. The van der Waals surface area contributed by atoms with Crippen molar-refractivity contribution in [3.05, 3.63) is 0 Å². The average molecular weight is 578 g/mol. The van der Waals surface area contributed by atoms with E-state index in [9.17, 15) is 48.6 Å². The lowest BCUT2D eigenvalue weighted by Gasteiger charge is -2.28. The van der Waals surface area contributed by atoms with Crippen molar-refractivity contribution >= 4 is 59.1 Å². The molecule has 7 atom stereocenters. The lowest BCUT2D eigenvalue weighted by molar-refractivity contribution is -0.143. The highest BCUT2D eigenvalue weighted by molar-refractivity contribution is 8.00. The number of nitrogens with two attached hydrogens (primary N) is 2. The van der Waals surface area contributed by atoms with Gasteiger partial charge < -0.3 is 53.4 Å². The fourth-order valence-corrected chi connectivity index (χ4v) is 4.14. The van der Waals surface area contributed by atoms with Gasteiger partial charge in [-0.3, -0.25) is 38.4 Å². The zero-order chi connectivity index (χ0) is 30.0. The Hall–Kier alpha value is -3.97. The summed E-state index contributed by atoms with van der Waals surface area (Å²) < 4.78 is 0. The number of amides is 6. The Balaban J connectivity index is 3.53. The lowest BCUT2D eigenvalue weighted by Crippen LogP contribution is -2.62. The van der Waals surface area contributed by atoms with Crippen LogP contribution < -0.4 is 38.1 Å². The van der Waals surface area contributed by atoms with E-state index in [0.717, 1.165) is 6.92 Å². The van der Waals surface area contributed by atoms with Crippen molar-refractivity contribution in [3.8, 4) is 0 Å². The SMILES string of the molecule is CC(NC(=O)C1NC(=O)[C@H](CC(N)=O)NC(=O)C(C)NC(=O)C(CO)NC(=O)[C@@H](N)CSC1C(=O)O)C(=O)O. The lowest BCUT2D eigenvalue weighted by atomic mass is 10.1. The van der Waals surface area contributed by atoms with E-state index >= 15 is 0 Å². The van der Waals surface area contributed by atoms with E-state index in [0.29, 0.717) is 11.8 Å². The van der Waals surface area contributed by atoms with Crippen LogP contribution in [0.25, 0.3) is 0 Å². The molecule has 1 aliphatic heterocycles. The summed E-state index contributed by atoms with van der Waals surface area (Å²) in [7, 11) is 0. The van der Waals surface area contributed by atoms with Gasteiger partial charge in [-0.25, -0.2) is 0 Å². The number of rotatable bonds is 7. The molecule has 0 aromatic carbocycles. The first kappa shape index (κ1) is 33.1. The van der Waals surface area contributed by atoms with Crippen LogP contribution in [0.3, 0.4) is 0 Å². The number of carbonyl (C=O) groups is 8. The Morgan fingerprint density at radius 3 is 2.05 bits per heavy atom. The first-order valence-corrected chi connectivity index (χ1v) is 12.4. The summed E-state index contributed by atoms with van der Waals surface area (Å²) in [5.74, 6) is -10.2. The Labute approximate surface area is 225 Å². The molecule has 1 aliphatic rings. The third-order valence-corrected chi connectivity index (χ3v) is 6.64. The maximum Gasteiger partial charge on any atom is 0.325 e. The summed E-state index contributed by atoms with van der Waals surface area (Å²) in [6.07, 6.45) is -0.802. The van der Waals surface area contributed by atoms with Gasteiger partial charge in [-0.05, 0) is 13.8 Å². The average Bonchev–Trinajstić information content (AvgIpc) is 2.84. The van der Waals surface area contributed by atoms with Gasteiger partial charge in [0.1, 0.15) is 35.5 Å². The number of nitrogens with one attached hydrogen (secondary N) is 5. The molecule has 0 aliphatic carbocycles. The fraction of sp³-hybridized carbons (Fsp3) is 0.600. The van der Waals surface area contributed by atoms with Crippen LogP contribution >= 0.6 is 11.8 Å². The van der Waals surface area contributed by atoms with E-state index < -0.39 is 108 Å². The molecular formula is C20H31N7O11S. The fourth-order valence-electron chi connectivity index (χ4n) is 3.05. The van der Waals surface area contributed by atoms with Crippen molar-refractivity contribution in [2.75, 3.05) is 12.4 Å². The van der Waals surface area contributed by atoms with Gasteiger partial charge in [-0.1, -0.05) is 0 Å². The van der Waals surface area contributed by atoms with Gasteiger partial charge in [0.2, 0.25) is 35.4 Å². The van der Waals surface area contributed by atoms with Gasteiger partial charge in [-0.2, -0.15) is 0 Å². The number of carboxylic acids is 2. The second-order valence-corrected chi connectivity index (χ2v) is 9.63. The summed E-state index contributed by atoms with van der Waals surface area (Å²) in [4.78, 5) is 98.3. The van der Waals surface area contributed by atoms with Crippen LogP contribution in [0.4, 0.5) is 0 Å². The number of primary amides is 1. The summed E-state index contributed by atoms with van der Waals surface area (Å²) in [6, 6.07) is -9.67. The van der Waals surface area contributed by atoms with Gasteiger partial charge in [0, 0.05) is 5.75 Å². The molecule has 1 saturated heterocycles. The van der Waals surface area contributed by atoms with Crippen molar-refractivity contribution in [2.45, 2.75) is 61.8 Å². The maximum atomic E-state index is 13.0. The van der Waals surface area contributed by atoms with Crippen LogP contribution in [-0.2, 0) is 38.4 Å². The van der Waals surface area contributed by atoms with Crippen molar-refractivity contribution in [1.29, 1.82) is 0 Å². The number of hydrogen-bond donors (Lipinski definition) is 10. The molecule has 0 bridgehead atoms. The van der Waals surface area contributed by atoms with Crippen LogP contribution in [-0.4, -0.2) is 117 Å². The minimum Gasteiger partial charge on any atom is -0.480 e. The van der Waals surface area contributed by atoms with Gasteiger partial charge in [0.15, 0.2) is 0 Å². The van der Waals surface area contributed by atoms with Crippen molar-refractivity contribution in [1.82, 2.24) is 26.6 Å². The number of hydrogen-bond acceptors (Lipinski definition) is 11. The Morgan fingerprint density at radius 1 is 0.974 bits per heavy atom. The number of carbonyl (C=O) groups excluding carboxylic acids is 6. The molecule has 1 heterocycles.